The van der Waals surface area contributed by atoms with Crippen molar-refractivity contribution in [3.63, 3.8) is 0 Å². The zero-order chi connectivity index (χ0) is 21.1. The van der Waals surface area contributed by atoms with Crippen LogP contribution in [0.15, 0.2) is 47.2 Å². The third kappa shape index (κ3) is 5.13. The van der Waals surface area contributed by atoms with Gasteiger partial charge in [-0.3, -0.25) is 0 Å². The van der Waals surface area contributed by atoms with Crippen LogP contribution in [0.25, 0.3) is 6.08 Å². The molecule has 0 saturated carbocycles. The number of hydrogen-bond acceptors (Lipinski definition) is 5. The number of urea groups is 1. The highest BCUT2D eigenvalue weighted by atomic mass is 32.1. The molecule has 10 heteroatoms. The van der Waals surface area contributed by atoms with Crippen molar-refractivity contribution in [1.82, 2.24) is 5.32 Å². The Morgan fingerprint density at radius 1 is 1.13 bits per heavy atom. The summed E-state index contributed by atoms with van der Waals surface area (Å²) in [7, 11) is 0. The zero-order valence-corrected chi connectivity index (χ0v) is 16.4. The maximum atomic E-state index is 12.3. The van der Waals surface area contributed by atoms with Crippen LogP contribution in [0, 0.1) is 5.92 Å². The summed E-state index contributed by atoms with van der Waals surface area (Å²) >= 11 is 1.63. The van der Waals surface area contributed by atoms with Gasteiger partial charge >= 0.3 is 12.4 Å². The summed E-state index contributed by atoms with van der Waals surface area (Å²) in [5, 5.41) is 9.45. The Bertz CT molecular complexity index is 886. The van der Waals surface area contributed by atoms with Gasteiger partial charge in [-0.15, -0.1) is 13.2 Å². The maximum absolute atomic E-state index is 12.3. The molecule has 6 nitrogen and oxygen atoms in total. The lowest BCUT2D eigenvalue weighted by Crippen LogP contribution is -2.45. The zero-order valence-electron chi connectivity index (χ0n) is 15.6. The van der Waals surface area contributed by atoms with Gasteiger partial charge in [0.25, 0.3) is 0 Å². The molecule has 2 N–H and O–H groups in total. The molecular weight excluding hydrogens is 421 g/mol. The Labute approximate surface area is 174 Å². The predicted octanol–water partition coefficient (Wildman–Crippen LogP) is 4.26. The lowest BCUT2D eigenvalue weighted by Gasteiger charge is -2.18. The first kappa shape index (κ1) is 20.7. The molecule has 3 heterocycles. The Balaban J connectivity index is 1.28. The van der Waals surface area contributed by atoms with Gasteiger partial charge in [0.1, 0.15) is 11.9 Å². The lowest BCUT2D eigenvalue weighted by molar-refractivity contribution is -0.274. The summed E-state index contributed by atoms with van der Waals surface area (Å²) in [4.78, 5) is 12.3. The van der Waals surface area contributed by atoms with Gasteiger partial charge in [0.15, 0.2) is 0 Å². The fraction of sp³-hybridized carbons (Fsp3) is 0.350. The monoisotopic (exact) mass is 440 g/mol. The minimum atomic E-state index is -4.76. The highest BCUT2D eigenvalue weighted by molar-refractivity contribution is 7.08. The van der Waals surface area contributed by atoms with E-state index in [1.807, 2.05) is 17.5 Å². The van der Waals surface area contributed by atoms with Crippen LogP contribution in [0.5, 0.6) is 5.75 Å². The first-order valence-corrected chi connectivity index (χ1v) is 10.2. The van der Waals surface area contributed by atoms with E-state index in [1.165, 1.54) is 12.1 Å². The van der Waals surface area contributed by atoms with Crippen molar-refractivity contribution in [3.05, 3.63) is 52.7 Å². The maximum Gasteiger partial charge on any atom is 0.573 e. The van der Waals surface area contributed by atoms with Crippen molar-refractivity contribution in [2.24, 2.45) is 5.92 Å². The number of hydrogen-bond donors (Lipinski definition) is 2. The summed E-state index contributed by atoms with van der Waals surface area (Å²) < 4.78 is 52.1. The quantitative estimate of drug-likeness (QED) is 0.729. The van der Waals surface area contributed by atoms with Crippen LogP contribution in [-0.4, -0.2) is 43.9 Å². The number of nitrogens with one attached hydrogen (secondary N) is 2. The van der Waals surface area contributed by atoms with Gasteiger partial charge in [-0.05, 0) is 46.7 Å². The third-order valence-electron chi connectivity index (χ3n) is 4.83. The van der Waals surface area contributed by atoms with Crippen molar-refractivity contribution in [1.29, 1.82) is 0 Å². The summed E-state index contributed by atoms with van der Waals surface area (Å²) in [6, 6.07) is 6.13. The number of carbonyl (C=O) groups is 1. The van der Waals surface area contributed by atoms with Crippen molar-refractivity contribution in [2.75, 3.05) is 18.5 Å². The average Bonchev–Trinajstić information content (AvgIpc) is 3.40. The number of benzene rings is 1. The normalized spacial score (nSPS) is 26.0. The van der Waals surface area contributed by atoms with Gasteiger partial charge in [0.2, 0.25) is 0 Å². The fourth-order valence-corrected chi connectivity index (χ4v) is 4.13. The van der Waals surface area contributed by atoms with Crippen LogP contribution in [0.2, 0.25) is 0 Å². The van der Waals surface area contributed by atoms with Crippen LogP contribution >= 0.6 is 11.3 Å². The Morgan fingerprint density at radius 2 is 1.90 bits per heavy atom. The third-order valence-corrected chi connectivity index (χ3v) is 5.53. The van der Waals surface area contributed by atoms with Gasteiger partial charge in [0.05, 0.1) is 25.4 Å². The number of ether oxygens (including phenoxy) is 3. The second-order valence-electron chi connectivity index (χ2n) is 6.95. The van der Waals surface area contributed by atoms with Gasteiger partial charge in [0, 0.05) is 11.6 Å². The molecule has 4 rings (SSSR count). The average molecular weight is 440 g/mol. The lowest BCUT2D eigenvalue weighted by atomic mass is 9.99. The molecule has 2 amide bonds. The van der Waals surface area contributed by atoms with Gasteiger partial charge in [-0.2, -0.15) is 11.3 Å². The van der Waals surface area contributed by atoms with E-state index in [-0.39, 0.29) is 29.9 Å². The number of rotatable bonds is 5. The molecule has 160 valence electrons. The molecule has 2 aliphatic heterocycles. The molecule has 0 aliphatic carbocycles. The second kappa shape index (κ2) is 8.66. The van der Waals surface area contributed by atoms with Crippen LogP contribution in [0.3, 0.4) is 0 Å². The van der Waals surface area contributed by atoms with E-state index < -0.39 is 12.4 Å². The predicted molar refractivity (Wildman–Crippen MR) is 105 cm³/mol. The number of carbonyl (C=O) groups excluding carboxylic acids is 1. The SMILES string of the molecule is O=C(Nc1ccc(OC(F)(F)F)cc1)N[C@H]1CO[C@H]2[C@@H]1OC[C@@H]2C=Cc1ccsc1. The number of fused-ring (bicyclic) bond motifs is 1. The van der Waals surface area contributed by atoms with E-state index in [0.29, 0.717) is 18.9 Å². The Kier molecular flexibility index (Phi) is 5.98. The number of alkyl halides is 3. The van der Waals surface area contributed by atoms with E-state index in [9.17, 15) is 18.0 Å². The van der Waals surface area contributed by atoms with Crippen molar-refractivity contribution in [3.8, 4) is 5.75 Å². The minimum absolute atomic E-state index is 0.103. The standard InChI is InChI=1S/C20H19F3N2O4S/c21-20(22,23)29-15-5-3-14(4-6-15)24-19(26)25-16-10-28-17-13(9-27-18(16)17)2-1-12-7-8-30-11-12/h1-8,11,13,16-18H,9-10H2,(H2,24,25,26)/t13-,16-,17+,18+/m0/s1. The van der Waals surface area contributed by atoms with E-state index >= 15 is 0 Å². The fourth-order valence-electron chi connectivity index (χ4n) is 3.50. The molecule has 0 unspecified atom stereocenters. The van der Waals surface area contributed by atoms with E-state index in [4.69, 9.17) is 9.47 Å². The molecule has 2 fully saturated rings. The first-order valence-electron chi connectivity index (χ1n) is 9.24. The van der Waals surface area contributed by atoms with Gasteiger partial charge in [-0.1, -0.05) is 12.2 Å². The Hall–Kier alpha value is -2.56. The molecule has 0 bridgehead atoms. The van der Waals surface area contributed by atoms with Crippen molar-refractivity contribution >= 4 is 29.1 Å². The topological polar surface area (TPSA) is 68.8 Å². The van der Waals surface area contributed by atoms with Crippen LogP contribution < -0.4 is 15.4 Å². The largest absolute Gasteiger partial charge is 0.573 e. The summed E-state index contributed by atoms with van der Waals surface area (Å²) in [5.41, 5.74) is 1.46. The summed E-state index contributed by atoms with van der Waals surface area (Å²) in [6.45, 7) is 0.834. The highest BCUT2D eigenvalue weighted by Gasteiger charge is 2.47. The molecule has 2 aliphatic rings. The molecule has 1 aromatic heterocycles. The summed E-state index contributed by atoms with van der Waals surface area (Å²) in [5.74, 6) is -0.257. The molecule has 0 spiro atoms. The van der Waals surface area contributed by atoms with Crippen LogP contribution in [-0.2, 0) is 9.47 Å². The molecule has 4 atom stereocenters. The molecular formula is C20H19F3N2O4S. The molecule has 2 aromatic rings. The van der Waals surface area contributed by atoms with E-state index in [1.54, 1.807) is 11.3 Å². The van der Waals surface area contributed by atoms with Gasteiger partial charge < -0.3 is 24.8 Å². The first-order chi connectivity index (χ1) is 14.4. The minimum Gasteiger partial charge on any atom is -0.406 e. The number of amides is 2. The second-order valence-corrected chi connectivity index (χ2v) is 7.73. The number of thiophene rings is 1. The molecule has 30 heavy (non-hydrogen) atoms. The summed E-state index contributed by atoms with van der Waals surface area (Å²) in [6.07, 6.45) is -1.04. The van der Waals surface area contributed by atoms with E-state index in [2.05, 4.69) is 26.8 Å². The highest BCUT2D eigenvalue weighted by Crippen LogP contribution is 2.32. The molecule has 0 radical (unpaired) electrons. The van der Waals surface area contributed by atoms with Crippen molar-refractivity contribution < 1.29 is 32.2 Å². The number of halogens is 3. The van der Waals surface area contributed by atoms with Crippen LogP contribution in [0.4, 0.5) is 23.7 Å². The molecule has 1 aromatic carbocycles. The van der Waals surface area contributed by atoms with Gasteiger partial charge in [-0.25, -0.2) is 4.79 Å². The van der Waals surface area contributed by atoms with E-state index in [0.717, 1.165) is 17.7 Å². The molecule has 2 saturated heterocycles. The Morgan fingerprint density at radius 3 is 2.60 bits per heavy atom. The van der Waals surface area contributed by atoms with Crippen molar-refractivity contribution in [2.45, 2.75) is 24.6 Å². The number of anilines is 1. The smallest absolute Gasteiger partial charge is 0.406 e. The van der Waals surface area contributed by atoms with Crippen LogP contribution in [0.1, 0.15) is 5.56 Å².